The summed E-state index contributed by atoms with van der Waals surface area (Å²) in [4.78, 5) is 11.4. The molecule has 7 heteroatoms. The van der Waals surface area contributed by atoms with E-state index in [1.807, 2.05) is 0 Å². The normalized spacial score (nSPS) is 13.1. The SMILES string of the molecule is CNS(=O)(=O)c1cccc(NC(=O)[C@@H](C)N)c1. The smallest absolute Gasteiger partial charge is 0.240 e. The second-order valence-electron chi connectivity index (χ2n) is 3.51. The number of hydrogen-bond donors (Lipinski definition) is 3. The number of anilines is 1. The van der Waals surface area contributed by atoms with Gasteiger partial charge in [-0.05, 0) is 32.2 Å². The number of carbonyl (C=O) groups excluding carboxylic acids is 1. The molecule has 0 saturated heterocycles. The molecule has 0 saturated carbocycles. The van der Waals surface area contributed by atoms with Gasteiger partial charge in [0.2, 0.25) is 15.9 Å². The number of benzene rings is 1. The molecule has 0 aliphatic heterocycles. The van der Waals surface area contributed by atoms with Gasteiger partial charge in [0, 0.05) is 5.69 Å². The lowest BCUT2D eigenvalue weighted by Gasteiger charge is -2.09. The third-order valence-corrected chi connectivity index (χ3v) is 3.51. The molecule has 0 heterocycles. The van der Waals surface area contributed by atoms with Crippen LogP contribution < -0.4 is 15.8 Å². The van der Waals surface area contributed by atoms with Crippen molar-refractivity contribution >= 4 is 21.6 Å². The van der Waals surface area contributed by atoms with Gasteiger partial charge in [-0.3, -0.25) is 4.79 Å². The van der Waals surface area contributed by atoms with Crippen LogP contribution in [0.2, 0.25) is 0 Å². The maximum Gasteiger partial charge on any atom is 0.240 e. The van der Waals surface area contributed by atoms with E-state index in [0.29, 0.717) is 5.69 Å². The molecular weight excluding hydrogens is 242 g/mol. The molecule has 0 aliphatic rings. The lowest BCUT2D eigenvalue weighted by Crippen LogP contribution is -2.32. The lowest BCUT2D eigenvalue weighted by atomic mass is 10.3. The first-order valence-electron chi connectivity index (χ1n) is 4.97. The van der Waals surface area contributed by atoms with Crippen molar-refractivity contribution in [2.24, 2.45) is 5.73 Å². The van der Waals surface area contributed by atoms with Crippen molar-refractivity contribution in [2.75, 3.05) is 12.4 Å². The summed E-state index contributed by atoms with van der Waals surface area (Å²) < 4.78 is 25.2. The van der Waals surface area contributed by atoms with E-state index < -0.39 is 16.1 Å². The van der Waals surface area contributed by atoms with Crippen LogP contribution in [0.1, 0.15) is 6.92 Å². The fourth-order valence-corrected chi connectivity index (χ4v) is 1.89. The average molecular weight is 257 g/mol. The summed E-state index contributed by atoms with van der Waals surface area (Å²) >= 11 is 0. The molecule has 0 aliphatic carbocycles. The van der Waals surface area contributed by atoms with E-state index in [4.69, 9.17) is 5.73 Å². The van der Waals surface area contributed by atoms with Gasteiger partial charge in [-0.15, -0.1) is 0 Å². The van der Waals surface area contributed by atoms with Crippen LogP contribution >= 0.6 is 0 Å². The highest BCUT2D eigenvalue weighted by Gasteiger charge is 2.13. The number of rotatable bonds is 4. The average Bonchev–Trinajstić information content (AvgIpc) is 2.29. The molecule has 0 unspecified atom stereocenters. The predicted molar refractivity (Wildman–Crippen MR) is 65.0 cm³/mol. The van der Waals surface area contributed by atoms with Crippen molar-refractivity contribution < 1.29 is 13.2 Å². The number of hydrogen-bond acceptors (Lipinski definition) is 4. The van der Waals surface area contributed by atoms with Gasteiger partial charge in [-0.1, -0.05) is 6.07 Å². The Labute approximate surface area is 100 Å². The summed E-state index contributed by atoms with van der Waals surface area (Å²) in [6.45, 7) is 1.55. The zero-order valence-corrected chi connectivity index (χ0v) is 10.4. The Morgan fingerprint density at radius 2 is 2.06 bits per heavy atom. The molecule has 1 aromatic carbocycles. The Bertz CT molecular complexity index is 511. The van der Waals surface area contributed by atoms with E-state index in [2.05, 4.69) is 10.0 Å². The molecule has 1 atom stereocenters. The molecule has 0 fully saturated rings. The van der Waals surface area contributed by atoms with Crippen LogP contribution in [0.5, 0.6) is 0 Å². The van der Waals surface area contributed by atoms with Crippen molar-refractivity contribution in [1.82, 2.24) is 4.72 Å². The summed E-state index contributed by atoms with van der Waals surface area (Å²) in [7, 11) is -2.19. The first kappa shape index (κ1) is 13.6. The molecule has 0 radical (unpaired) electrons. The molecule has 94 valence electrons. The maximum absolute atomic E-state index is 11.5. The van der Waals surface area contributed by atoms with Crippen molar-refractivity contribution in [1.29, 1.82) is 0 Å². The predicted octanol–water partition coefficient (Wildman–Crippen LogP) is -0.120. The van der Waals surface area contributed by atoms with Gasteiger partial charge in [0.25, 0.3) is 0 Å². The van der Waals surface area contributed by atoms with Crippen LogP contribution in [0.4, 0.5) is 5.69 Å². The van der Waals surface area contributed by atoms with Crippen LogP contribution in [0.3, 0.4) is 0 Å². The molecule has 0 aromatic heterocycles. The number of nitrogens with two attached hydrogens (primary N) is 1. The van der Waals surface area contributed by atoms with Crippen molar-refractivity contribution in [2.45, 2.75) is 17.9 Å². The highest BCUT2D eigenvalue weighted by Crippen LogP contribution is 2.15. The minimum absolute atomic E-state index is 0.0856. The molecule has 0 spiro atoms. The summed E-state index contributed by atoms with van der Waals surface area (Å²) in [6.07, 6.45) is 0. The zero-order valence-electron chi connectivity index (χ0n) is 9.60. The fraction of sp³-hybridized carbons (Fsp3) is 0.300. The number of carbonyl (C=O) groups is 1. The third kappa shape index (κ3) is 3.52. The zero-order chi connectivity index (χ0) is 13.1. The topological polar surface area (TPSA) is 101 Å². The minimum Gasteiger partial charge on any atom is -0.325 e. The van der Waals surface area contributed by atoms with Crippen LogP contribution in [-0.2, 0) is 14.8 Å². The first-order chi connectivity index (χ1) is 7.86. The molecule has 17 heavy (non-hydrogen) atoms. The molecule has 0 bridgehead atoms. The second kappa shape index (κ2) is 5.26. The summed E-state index contributed by atoms with van der Waals surface area (Å²) in [5.41, 5.74) is 5.78. The quantitative estimate of drug-likeness (QED) is 0.700. The Morgan fingerprint density at radius 1 is 1.41 bits per heavy atom. The van der Waals surface area contributed by atoms with Crippen molar-refractivity contribution in [3.63, 3.8) is 0 Å². The fourth-order valence-electron chi connectivity index (χ4n) is 1.11. The summed E-state index contributed by atoms with van der Waals surface area (Å²) in [5.74, 6) is -0.371. The number of nitrogens with one attached hydrogen (secondary N) is 2. The van der Waals surface area contributed by atoms with Crippen LogP contribution in [0.25, 0.3) is 0 Å². The molecule has 6 nitrogen and oxygen atoms in total. The van der Waals surface area contributed by atoms with Gasteiger partial charge in [-0.2, -0.15) is 0 Å². The number of amides is 1. The minimum atomic E-state index is -3.51. The van der Waals surface area contributed by atoms with Gasteiger partial charge in [0.1, 0.15) is 0 Å². The van der Waals surface area contributed by atoms with E-state index >= 15 is 0 Å². The monoisotopic (exact) mass is 257 g/mol. The number of sulfonamides is 1. The lowest BCUT2D eigenvalue weighted by molar-refractivity contribution is -0.117. The Kier molecular flexibility index (Phi) is 4.22. The largest absolute Gasteiger partial charge is 0.325 e. The molecule has 1 amide bonds. The van der Waals surface area contributed by atoms with Gasteiger partial charge < -0.3 is 11.1 Å². The van der Waals surface area contributed by atoms with Crippen molar-refractivity contribution in [3.05, 3.63) is 24.3 Å². The highest BCUT2D eigenvalue weighted by molar-refractivity contribution is 7.89. The van der Waals surface area contributed by atoms with Gasteiger partial charge in [0.05, 0.1) is 10.9 Å². The molecular formula is C10H15N3O3S. The van der Waals surface area contributed by atoms with E-state index in [9.17, 15) is 13.2 Å². The van der Waals surface area contributed by atoms with Gasteiger partial charge in [-0.25, -0.2) is 13.1 Å². The molecule has 1 aromatic rings. The van der Waals surface area contributed by atoms with E-state index in [0.717, 1.165) is 0 Å². The molecule has 1 rings (SSSR count). The van der Waals surface area contributed by atoms with E-state index in [1.54, 1.807) is 19.1 Å². The van der Waals surface area contributed by atoms with E-state index in [1.165, 1.54) is 19.2 Å². The van der Waals surface area contributed by atoms with Gasteiger partial charge >= 0.3 is 0 Å². The Hall–Kier alpha value is -1.44. The van der Waals surface area contributed by atoms with Crippen LogP contribution in [0.15, 0.2) is 29.2 Å². The van der Waals surface area contributed by atoms with Gasteiger partial charge in [0.15, 0.2) is 0 Å². The Morgan fingerprint density at radius 3 is 2.59 bits per heavy atom. The third-order valence-electron chi connectivity index (χ3n) is 2.09. The van der Waals surface area contributed by atoms with Crippen LogP contribution in [-0.4, -0.2) is 27.4 Å². The second-order valence-corrected chi connectivity index (χ2v) is 5.40. The summed E-state index contributed by atoms with van der Waals surface area (Å²) in [5, 5.41) is 2.52. The highest BCUT2D eigenvalue weighted by atomic mass is 32.2. The Balaban J connectivity index is 2.99. The van der Waals surface area contributed by atoms with E-state index in [-0.39, 0.29) is 10.8 Å². The maximum atomic E-state index is 11.5. The van der Waals surface area contributed by atoms with Crippen LogP contribution in [0, 0.1) is 0 Å². The standard InChI is InChI=1S/C10H15N3O3S/c1-7(11)10(14)13-8-4-3-5-9(6-8)17(15,16)12-2/h3-7,12H,11H2,1-2H3,(H,13,14)/t7-/m1/s1. The van der Waals surface area contributed by atoms with Crippen molar-refractivity contribution in [3.8, 4) is 0 Å². The first-order valence-corrected chi connectivity index (χ1v) is 6.45. The summed E-state index contributed by atoms with van der Waals surface area (Å²) in [6, 6.07) is 5.29. The molecule has 4 N–H and O–H groups in total.